The van der Waals surface area contributed by atoms with Crippen LogP contribution in [0.5, 0.6) is 11.5 Å². The number of para-hydroxylation sites is 1. The molecule has 0 saturated heterocycles. The zero-order chi connectivity index (χ0) is 19.3. The quantitative estimate of drug-likeness (QED) is 0.741. The molecule has 28 heavy (non-hydrogen) atoms. The molecule has 0 aliphatic carbocycles. The Balaban J connectivity index is 1.32. The molecule has 1 N–H and O–H groups in total. The summed E-state index contributed by atoms with van der Waals surface area (Å²) in [6.45, 7) is 2.00. The lowest BCUT2D eigenvalue weighted by atomic mass is 10.2. The highest BCUT2D eigenvalue weighted by atomic mass is 16.6. The molecule has 144 valence electrons. The fraction of sp³-hybridized carbons (Fsp3) is 0.238. The number of hydrogen-bond donors (Lipinski definition) is 1. The summed E-state index contributed by atoms with van der Waals surface area (Å²) in [4.78, 5) is 14.0. The van der Waals surface area contributed by atoms with Crippen molar-refractivity contribution in [2.24, 2.45) is 0 Å². The van der Waals surface area contributed by atoms with Crippen molar-refractivity contribution in [3.63, 3.8) is 0 Å². The number of nitrogens with zero attached hydrogens (tertiary/aromatic N) is 3. The number of ether oxygens (including phenoxy) is 2. The van der Waals surface area contributed by atoms with Crippen LogP contribution >= 0.6 is 0 Å². The van der Waals surface area contributed by atoms with Crippen molar-refractivity contribution in [3.05, 3.63) is 72.1 Å². The topological polar surface area (TPSA) is 68.6 Å². The third kappa shape index (κ3) is 4.09. The number of aromatic nitrogens is 2. The number of urea groups is 1. The second kappa shape index (κ2) is 8.04. The smallest absolute Gasteiger partial charge is 0.317 e. The minimum Gasteiger partial charge on any atom is -0.486 e. The average molecular weight is 378 g/mol. The molecule has 1 aliphatic heterocycles. The van der Waals surface area contributed by atoms with Crippen LogP contribution in [-0.4, -0.2) is 41.0 Å². The van der Waals surface area contributed by atoms with Crippen LogP contribution in [-0.2, 0) is 13.1 Å². The average Bonchev–Trinajstić information content (AvgIpc) is 3.21. The van der Waals surface area contributed by atoms with E-state index in [1.165, 1.54) is 0 Å². The largest absolute Gasteiger partial charge is 0.486 e. The van der Waals surface area contributed by atoms with Gasteiger partial charge < -0.3 is 19.7 Å². The highest BCUT2D eigenvalue weighted by Crippen LogP contribution is 2.31. The molecule has 1 aromatic heterocycles. The van der Waals surface area contributed by atoms with E-state index in [1.54, 1.807) is 22.8 Å². The molecule has 7 heteroatoms. The van der Waals surface area contributed by atoms with Gasteiger partial charge in [-0.05, 0) is 29.8 Å². The van der Waals surface area contributed by atoms with Gasteiger partial charge in [-0.2, -0.15) is 5.10 Å². The Morgan fingerprint density at radius 2 is 1.89 bits per heavy atom. The van der Waals surface area contributed by atoms with Crippen LogP contribution in [0.1, 0.15) is 11.1 Å². The van der Waals surface area contributed by atoms with Crippen LogP contribution in [0.4, 0.5) is 4.79 Å². The van der Waals surface area contributed by atoms with Gasteiger partial charge in [0, 0.05) is 31.9 Å². The summed E-state index contributed by atoms with van der Waals surface area (Å²) in [7, 11) is 1.76. The fourth-order valence-electron chi connectivity index (χ4n) is 3.02. The predicted octanol–water partition coefficient (Wildman–Crippen LogP) is 2.99. The first-order valence-corrected chi connectivity index (χ1v) is 9.15. The maximum Gasteiger partial charge on any atom is 0.317 e. The first-order chi connectivity index (χ1) is 13.7. The number of fused-ring (bicyclic) bond motifs is 1. The van der Waals surface area contributed by atoms with Gasteiger partial charge in [-0.1, -0.05) is 24.3 Å². The Hall–Kier alpha value is -3.48. The van der Waals surface area contributed by atoms with Crippen LogP contribution in [0.2, 0.25) is 0 Å². The lowest BCUT2D eigenvalue weighted by molar-refractivity contribution is 0.171. The second-order valence-corrected chi connectivity index (χ2v) is 6.62. The van der Waals surface area contributed by atoms with E-state index < -0.39 is 0 Å². The van der Waals surface area contributed by atoms with Crippen molar-refractivity contribution in [3.8, 4) is 17.2 Å². The number of nitrogens with one attached hydrogen (secondary N) is 1. The molecule has 0 fully saturated rings. The maximum atomic E-state index is 12.4. The third-order valence-electron chi connectivity index (χ3n) is 4.47. The van der Waals surface area contributed by atoms with Gasteiger partial charge >= 0.3 is 6.03 Å². The van der Waals surface area contributed by atoms with E-state index in [0.717, 1.165) is 28.3 Å². The van der Waals surface area contributed by atoms with Gasteiger partial charge in [0.05, 0.1) is 11.9 Å². The van der Waals surface area contributed by atoms with Gasteiger partial charge in [0.15, 0.2) is 11.5 Å². The minimum atomic E-state index is -0.151. The fourth-order valence-corrected chi connectivity index (χ4v) is 3.02. The summed E-state index contributed by atoms with van der Waals surface area (Å²) in [5.74, 6) is 1.48. The summed E-state index contributed by atoms with van der Waals surface area (Å²) in [6.07, 6.45) is 3.67. The summed E-state index contributed by atoms with van der Waals surface area (Å²) in [6, 6.07) is 15.5. The molecule has 0 spiro atoms. The number of benzene rings is 2. The highest BCUT2D eigenvalue weighted by molar-refractivity contribution is 5.73. The van der Waals surface area contributed by atoms with E-state index >= 15 is 0 Å². The number of hydrogen-bond acceptors (Lipinski definition) is 4. The van der Waals surface area contributed by atoms with Crippen LogP contribution in [0.15, 0.2) is 60.9 Å². The number of carbonyl (C=O) groups excluding carboxylic acids is 1. The van der Waals surface area contributed by atoms with E-state index in [9.17, 15) is 4.79 Å². The van der Waals surface area contributed by atoms with Gasteiger partial charge in [-0.3, -0.25) is 0 Å². The molecular weight excluding hydrogens is 356 g/mol. The van der Waals surface area contributed by atoms with Crippen LogP contribution in [0, 0.1) is 0 Å². The van der Waals surface area contributed by atoms with E-state index in [-0.39, 0.29) is 6.03 Å². The Morgan fingerprint density at radius 3 is 2.71 bits per heavy atom. The lowest BCUT2D eigenvalue weighted by Gasteiger charge is -2.21. The number of amides is 2. The molecule has 2 heterocycles. The Morgan fingerprint density at radius 1 is 1.11 bits per heavy atom. The van der Waals surface area contributed by atoms with Crippen molar-refractivity contribution in [2.75, 3.05) is 20.3 Å². The van der Waals surface area contributed by atoms with E-state index in [1.807, 2.05) is 54.7 Å². The van der Waals surface area contributed by atoms with Crippen molar-refractivity contribution >= 4 is 6.03 Å². The summed E-state index contributed by atoms with van der Waals surface area (Å²) < 4.78 is 12.9. The Labute approximate surface area is 163 Å². The maximum absolute atomic E-state index is 12.4. The minimum absolute atomic E-state index is 0.151. The summed E-state index contributed by atoms with van der Waals surface area (Å²) in [5.41, 5.74) is 2.90. The lowest BCUT2D eigenvalue weighted by Crippen LogP contribution is -2.36. The summed E-state index contributed by atoms with van der Waals surface area (Å²) in [5, 5.41) is 7.27. The van der Waals surface area contributed by atoms with E-state index in [0.29, 0.717) is 26.3 Å². The van der Waals surface area contributed by atoms with Gasteiger partial charge in [-0.25, -0.2) is 9.48 Å². The predicted molar refractivity (Wildman–Crippen MR) is 105 cm³/mol. The monoisotopic (exact) mass is 378 g/mol. The van der Waals surface area contributed by atoms with Crippen molar-refractivity contribution in [2.45, 2.75) is 13.1 Å². The number of rotatable bonds is 5. The van der Waals surface area contributed by atoms with Crippen LogP contribution in [0.25, 0.3) is 5.69 Å². The molecule has 7 nitrogen and oxygen atoms in total. The molecule has 2 amide bonds. The molecule has 4 rings (SSSR count). The first-order valence-electron chi connectivity index (χ1n) is 9.15. The molecule has 0 bridgehead atoms. The SMILES string of the molecule is CN(Cc1ccc2c(c1)OCCO2)C(=O)NCc1cnn(-c2ccccc2)c1. The van der Waals surface area contributed by atoms with Gasteiger partial charge in [0.25, 0.3) is 0 Å². The van der Waals surface area contributed by atoms with Gasteiger partial charge in [0.2, 0.25) is 0 Å². The van der Waals surface area contributed by atoms with Gasteiger partial charge in [0.1, 0.15) is 13.2 Å². The molecular formula is C21H22N4O3. The molecule has 0 unspecified atom stereocenters. The van der Waals surface area contributed by atoms with E-state index in [2.05, 4.69) is 10.4 Å². The Bertz CT molecular complexity index is 955. The third-order valence-corrected chi connectivity index (χ3v) is 4.47. The Kier molecular flexibility index (Phi) is 5.14. The van der Waals surface area contributed by atoms with Crippen molar-refractivity contribution in [1.29, 1.82) is 0 Å². The van der Waals surface area contributed by atoms with E-state index in [4.69, 9.17) is 9.47 Å². The van der Waals surface area contributed by atoms with Gasteiger partial charge in [-0.15, -0.1) is 0 Å². The zero-order valence-corrected chi connectivity index (χ0v) is 15.7. The second-order valence-electron chi connectivity index (χ2n) is 6.62. The number of carbonyl (C=O) groups is 1. The standard InChI is InChI=1S/C21H22N4O3/c1-24(14-16-7-8-19-20(11-16)28-10-9-27-19)21(26)22-12-17-13-23-25(15-17)18-5-3-2-4-6-18/h2-8,11,13,15H,9-10,12,14H2,1H3,(H,22,26). The molecule has 2 aromatic carbocycles. The van der Waals surface area contributed by atoms with Crippen molar-refractivity contribution < 1.29 is 14.3 Å². The molecule has 0 atom stereocenters. The first kappa shape index (κ1) is 17.9. The van der Waals surface area contributed by atoms with Crippen LogP contribution in [0.3, 0.4) is 0 Å². The van der Waals surface area contributed by atoms with Crippen LogP contribution < -0.4 is 14.8 Å². The molecule has 0 radical (unpaired) electrons. The summed E-state index contributed by atoms with van der Waals surface area (Å²) >= 11 is 0. The normalized spacial score (nSPS) is 12.5. The molecule has 1 aliphatic rings. The zero-order valence-electron chi connectivity index (χ0n) is 15.7. The molecule has 3 aromatic rings. The molecule has 0 saturated carbocycles. The highest BCUT2D eigenvalue weighted by Gasteiger charge is 2.14. The van der Waals surface area contributed by atoms with Crippen molar-refractivity contribution in [1.82, 2.24) is 20.0 Å².